The van der Waals surface area contributed by atoms with Crippen molar-refractivity contribution in [1.29, 1.82) is 0 Å². The molecule has 0 bridgehead atoms. The van der Waals surface area contributed by atoms with Crippen LogP contribution in [0.1, 0.15) is 5.56 Å². The van der Waals surface area contributed by atoms with E-state index in [0.29, 0.717) is 0 Å². The Hall–Kier alpha value is -2.05. The summed E-state index contributed by atoms with van der Waals surface area (Å²) in [5.41, 5.74) is 3.71. The number of rotatable bonds is 0. The fourth-order valence-corrected chi connectivity index (χ4v) is 2.02. The second-order valence-electron chi connectivity index (χ2n) is 4.29. The van der Waals surface area contributed by atoms with Crippen molar-refractivity contribution in [3.8, 4) is 0 Å². The molecule has 0 spiro atoms. The Labute approximate surface area is 115 Å². The largest absolute Gasteiger partial charge is 0.722 e. The summed E-state index contributed by atoms with van der Waals surface area (Å²) in [5, 5.41) is 2.57. The first-order valence-electron chi connectivity index (χ1n) is 5.80. The van der Waals surface area contributed by atoms with Crippen LogP contribution < -0.4 is 4.98 Å². The summed E-state index contributed by atoms with van der Waals surface area (Å²) in [6.07, 6.45) is 0. The van der Waals surface area contributed by atoms with Gasteiger partial charge in [0.2, 0.25) is 11.0 Å². The Kier molecular flexibility index (Phi) is 3.96. The number of para-hydroxylation sites is 1. The molecule has 0 aliphatic heterocycles. The summed E-state index contributed by atoms with van der Waals surface area (Å²) >= 11 is 0. The molecule has 0 aliphatic rings. The minimum atomic E-state index is -5.42. The van der Waals surface area contributed by atoms with Gasteiger partial charge in [0, 0.05) is 22.9 Å². The third-order valence-electron chi connectivity index (χ3n) is 2.85. The Morgan fingerprint density at radius 3 is 2.35 bits per heavy atom. The SMILES string of the molecule is Cc1cccc2[nH+]c3ccccc3cc12.O=S(=O)([O-])F. The molecule has 3 aromatic rings. The molecule has 4 nitrogen and oxygen atoms in total. The van der Waals surface area contributed by atoms with Gasteiger partial charge in [-0.15, -0.1) is 3.89 Å². The molecule has 0 radical (unpaired) electrons. The molecule has 104 valence electrons. The predicted octanol–water partition coefficient (Wildman–Crippen LogP) is 2.53. The molecule has 0 unspecified atom stereocenters. The van der Waals surface area contributed by atoms with Crippen molar-refractivity contribution in [1.82, 2.24) is 0 Å². The van der Waals surface area contributed by atoms with E-state index in [1.165, 1.54) is 27.4 Å². The summed E-state index contributed by atoms with van der Waals surface area (Å²) in [5.74, 6) is 0. The van der Waals surface area contributed by atoms with Crippen molar-refractivity contribution in [3.63, 3.8) is 0 Å². The highest BCUT2D eigenvalue weighted by molar-refractivity contribution is 7.80. The third kappa shape index (κ3) is 3.72. The summed E-state index contributed by atoms with van der Waals surface area (Å²) in [6, 6.07) is 17.0. The molecule has 1 aromatic heterocycles. The number of aryl methyl sites for hydroxylation is 1. The molecule has 3 rings (SSSR count). The lowest BCUT2D eigenvalue weighted by Gasteiger charge is -1.98. The zero-order valence-electron chi connectivity index (χ0n) is 10.6. The van der Waals surface area contributed by atoms with Crippen LogP contribution in [0, 0.1) is 6.92 Å². The molecule has 0 saturated heterocycles. The molecule has 1 heterocycles. The van der Waals surface area contributed by atoms with Gasteiger partial charge in [0.05, 0.1) is 0 Å². The molecular formula is C14H12FNO3S. The maximum Gasteiger partial charge on any atom is 0.255 e. The van der Waals surface area contributed by atoms with Gasteiger partial charge in [0.15, 0.2) is 0 Å². The number of nitrogens with one attached hydrogen (secondary N) is 1. The highest BCUT2D eigenvalue weighted by Gasteiger charge is 2.06. The number of benzene rings is 2. The van der Waals surface area contributed by atoms with Gasteiger partial charge in [0.25, 0.3) is 10.5 Å². The van der Waals surface area contributed by atoms with E-state index in [1.54, 1.807) is 0 Å². The van der Waals surface area contributed by atoms with Crippen LogP contribution in [0.3, 0.4) is 0 Å². The van der Waals surface area contributed by atoms with Gasteiger partial charge in [0.1, 0.15) is 0 Å². The Balaban J connectivity index is 0.000000257. The summed E-state index contributed by atoms with van der Waals surface area (Å²) in [6.45, 7) is 2.14. The molecule has 0 aliphatic carbocycles. The fraction of sp³-hybridized carbons (Fsp3) is 0.0714. The van der Waals surface area contributed by atoms with E-state index in [1.807, 2.05) is 0 Å². The van der Waals surface area contributed by atoms with E-state index in [2.05, 4.69) is 60.4 Å². The number of aromatic amines is 1. The van der Waals surface area contributed by atoms with Crippen molar-refractivity contribution >= 4 is 32.3 Å². The van der Waals surface area contributed by atoms with Gasteiger partial charge in [-0.1, -0.05) is 24.3 Å². The van der Waals surface area contributed by atoms with Crippen LogP contribution in [0.5, 0.6) is 0 Å². The number of halogens is 1. The van der Waals surface area contributed by atoms with E-state index in [9.17, 15) is 3.89 Å². The molecule has 0 fully saturated rings. The van der Waals surface area contributed by atoms with E-state index >= 15 is 0 Å². The predicted molar refractivity (Wildman–Crippen MR) is 73.6 cm³/mol. The van der Waals surface area contributed by atoms with Crippen molar-refractivity contribution in [3.05, 3.63) is 54.1 Å². The lowest BCUT2D eigenvalue weighted by molar-refractivity contribution is -0.310. The average Bonchev–Trinajstić information content (AvgIpc) is 2.35. The summed E-state index contributed by atoms with van der Waals surface area (Å²) in [4.78, 5) is 3.45. The molecule has 1 N–H and O–H groups in total. The van der Waals surface area contributed by atoms with Crippen LogP contribution >= 0.6 is 0 Å². The van der Waals surface area contributed by atoms with Gasteiger partial charge in [-0.25, -0.2) is 13.4 Å². The third-order valence-corrected chi connectivity index (χ3v) is 2.85. The highest BCUT2D eigenvalue weighted by Crippen LogP contribution is 2.18. The second-order valence-corrected chi connectivity index (χ2v) is 5.07. The van der Waals surface area contributed by atoms with Crippen LogP contribution in [0.2, 0.25) is 0 Å². The van der Waals surface area contributed by atoms with Crippen molar-refractivity contribution in [2.45, 2.75) is 6.92 Å². The maximum absolute atomic E-state index is 10.1. The Morgan fingerprint density at radius 1 is 1.05 bits per heavy atom. The zero-order valence-corrected chi connectivity index (χ0v) is 11.4. The number of hydrogen-bond acceptors (Lipinski definition) is 3. The molecule has 0 atom stereocenters. The number of pyridine rings is 1. The highest BCUT2D eigenvalue weighted by atomic mass is 32.3. The molecule has 6 heteroatoms. The summed E-state index contributed by atoms with van der Waals surface area (Å²) in [7, 11) is -5.42. The van der Waals surface area contributed by atoms with E-state index in [-0.39, 0.29) is 0 Å². The van der Waals surface area contributed by atoms with Gasteiger partial charge in [-0.3, -0.25) is 0 Å². The Bertz CT molecular complexity index is 855. The van der Waals surface area contributed by atoms with E-state index in [4.69, 9.17) is 13.0 Å². The maximum atomic E-state index is 10.1. The van der Waals surface area contributed by atoms with Gasteiger partial charge in [-0.05, 0) is 24.6 Å². The monoisotopic (exact) mass is 293 g/mol. The number of H-pyrrole nitrogens is 1. The minimum absolute atomic E-state index is 1.19. The van der Waals surface area contributed by atoms with Crippen LogP contribution in [0.15, 0.2) is 48.5 Å². The molecular weight excluding hydrogens is 281 g/mol. The Morgan fingerprint density at radius 2 is 1.65 bits per heavy atom. The fourth-order valence-electron chi connectivity index (χ4n) is 2.02. The topological polar surface area (TPSA) is 71.3 Å². The van der Waals surface area contributed by atoms with E-state index in [0.717, 1.165) is 0 Å². The van der Waals surface area contributed by atoms with Gasteiger partial charge < -0.3 is 4.55 Å². The van der Waals surface area contributed by atoms with E-state index < -0.39 is 10.5 Å². The van der Waals surface area contributed by atoms with Crippen LogP contribution in [0.25, 0.3) is 21.8 Å². The summed E-state index contributed by atoms with van der Waals surface area (Å²) < 4.78 is 35.3. The average molecular weight is 293 g/mol. The van der Waals surface area contributed by atoms with Gasteiger partial charge >= 0.3 is 0 Å². The van der Waals surface area contributed by atoms with Gasteiger partial charge in [-0.2, -0.15) is 0 Å². The first-order chi connectivity index (χ1) is 9.34. The first kappa shape index (κ1) is 14.4. The van der Waals surface area contributed by atoms with Crippen molar-refractivity contribution in [2.24, 2.45) is 0 Å². The number of hydrogen-bond donors (Lipinski definition) is 0. The standard InChI is InChI=1S/C14H11N.FHO3S/c1-10-5-4-8-14-12(10)9-11-6-2-3-7-13(11)15-14;1-5(2,3)4/h2-9H,1H3;(H,2,3,4). The first-order valence-corrected chi connectivity index (χ1v) is 7.11. The zero-order chi connectivity index (χ0) is 14.8. The van der Waals surface area contributed by atoms with Crippen molar-refractivity contribution < 1.29 is 21.8 Å². The quantitative estimate of drug-likeness (QED) is 0.363. The smallest absolute Gasteiger partial charge is 0.255 e. The molecule has 0 saturated carbocycles. The second kappa shape index (κ2) is 5.52. The molecule has 0 amide bonds. The van der Waals surface area contributed by atoms with Crippen LogP contribution in [-0.2, 0) is 10.5 Å². The molecule has 2 aromatic carbocycles. The molecule has 20 heavy (non-hydrogen) atoms. The number of aromatic nitrogens is 1. The number of fused-ring (bicyclic) bond motifs is 2. The minimum Gasteiger partial charge on any atom is -0.722 e. The lowest BCUT2D eigenvalue weighted by Crippen LogP contribution is -2.05. The lowest BCUT2D eigenvalue weighted by atomic mass is 10.1. The van der Waals surface area contributed by atoms with Crippen LogP contribution in [0.4, 0.5) is 3.89 Å². The van der Waals surface area contributed by atoms with Crippen LogP contribution in [-0.4, -0.2) is 13.0 Å². The van der Waals surface area contributed by atoms with Crippen molar-refractivity contribution in [2.75, 3.05) is 0 Å². The normalized spacial score (nSPS) is 11.2.